The molecule has 0 radical (unpaired) electrons. The highest BCUT2D eigenvalue weighted by Crippen LogP contribution is 2.36. The number of carboxylic acids is 1. The van der Waals surface area contributed by atoms with Crippen molar-refractivity contribution in [2.75, 3.05) is 5.73 Å². The van der Waals surface area contributed by atoms with E-state index >= 15 is 0 Å². The Morgan fingerprint density at radius 2 is 1.66 bits per heavy atom. The van der Waals surface area contributed by atoms with Gasteiger partial charge < -0.3 is 15.6 Å². The summed E-state index contributed by atoms with van der Waals surface area (Å²) in [5, 5.41) is 17.1. The molecule has 0 aliphatic heterocycles. The molecule has 2 heterocycles. The van der Waals surface area contributed by atoms with Gasteiger partial charge in [-0.2, -0.15) is 5.10 Å². The molecule has 0 amide bonds. The summed E-state index contributed by atoms with van der Waals surface area (Å²) in [6, 6.07) is 23.8. The van der Waals surface area contributed by atoms with Gasteiger partial charge in [-0.1, -0.05) is 30.3 Å². The lowest BCUT2D eigenvalue weighted by atomic mass is 10.00. The molecular formula is C25H18N4O3. The van der Waals surface area contributed by atoms with Crippen molar-refractivity contribution in [1.82, 2.24) is 15.2 Å². The highest BCUT2D eigenvalue weighted by molar-refractivity contribution is 6.06. The van der Waals surface area contributed by atoms with Gasteiger partial charge in [0.05, 0.1) is 22.2 Å². The monoisotopic (exact) mass is 422 g/mol. The van der Waals surface area contributed by atoms with Crippen molar-refractivity contribution in [1.29, 1.82) is 0 Å². The molecule has 4 N–H and O–H groups in total. The summed E-state index contributed by atoms with van der Waals surface area (Å²) >= 11 is 0. The molecule has 156 valence electrons. The molecular weight excluding hydrogens is 404 g/mol. The molecule has 7 nitrogen and oxygen atoms in total. The Morgan fingerprint density at radius 1 is 0.906 bits per heavy atom. The van der Waals surface area contributed by atoms with Crippen LogP contribution < -0.4 is 10.5 Å². The average Bonchev–Trinajstić information content (AvgIpc) is 3.22. The van der Waals surface area contributed by atoms with Crippen molar-refractivity contribution in [2.45, 2.75) is 0 Å². The Labute approximate surface area is 183 Å². The van der Waals surface area contributed by atoms with Crippen LogP contribution >= 0.6 is 0 Å². The van der Waals surface area contributed by atoms with E-state index in [9.17, 15) is 9.90 Å². The first-order valence-electron chi connectivity index (χ1n) is 9.90. The first-order valence-corrected chi connectivity index (χ1v) is 9.90. The van der Waals surface area contributed by atoms with Crippen LogP contribution in [0.5, 0.6) is 11.5 Å². The molecule has 2 aromatic heterocycles. The second kappa shape index (κ2) is 7.88. The molecule has 0 unspecified atom stereocenters. The van der Waals surface area contributed by atoms with Crippen LogP contribution in [0.3, 0.4) is 0 Å². The van der Waals surface area contributed by atoms with Gasteiger partial charge >= 0.3 is 5.97 Å². The topological polar surface area (TPSA) is 114 Å². The fraction of sp³-hybridized carbons (Fsp3) is 0. The lowest BCUT2D eigenvalue weighted by molar-refractivity contribution is 0.0697. The fourth-order valence-corrected chi connectivity index (χ4v) is 3.61. The summed E-state index contributed by atoms with van der Waals surface area (Å²) in [7, 11) is 0. The summed E-state index contributed by atoms with van der Waals surface area (Å²) in [5.41, 5.74) is 10.0. The quantitative estimate of drug-likeness (QED) is 0.351. The van der Waals surface area contributed by atoms with Gasteiger partial charge in [0.25, 0.3) is 0 Å². The third kappa shape index (κ3) is 3.52. The van der Waals surface area contributed by atoms with Crippen LogP contribution in [0, 0.1) is 0 Å². The zero-order chi connectivity index (χ0) is 22.1. The van der Waals surface area contributed by atoms with Crippen molar-refractivity contribution >= 4 is 22.7 Å². The Hall–Kier alpha value is -4.65. The number of carboxylic acid groups (broad SMARTS) is 1. The van der Waals surface area contributed by atoms with E-state index < -0.39 is 5.97 Å². The standard InChI is InChI=1S/C25H18N4O3/c26-24-21-22(15-9-11-19(12-10-15)32-18-7-2-1-3-8-18)27-14-20(23(21)28-29-24)16-5-4-6-17(13-16)25(30)31/h1-14H,(H,30,31)(H3,26,28,29). The number of nitrogens with two attached hydrogens (primary N) is 1. The number of nitrogens with one attached hydrogen (secondary N) is 1. The highest BCUT2D eigenvalue weighted by atomic mass is 16.5. The van der Waals surface area contributed by atoms with E-state index in [0.29, 0.717) is 33.7 Å². The van der Waals surface area contributed by atoms with Crippen LogP contribution in [0.4, 0.5) is 5.82 Å². The predicted molar refractivity (Wildman–Crippen MR) is 123 cm³/mol. The summed E-state index contributed by atoms with van der Waals surface area (Å²) in [5.74, 6) is 0.796. The number of H-pyrrole nitrogens is 1. The van der Waals surface area contributed by atoms with Gasteiger partial charge in [-0.15, -0.1) is 0 Å². The zero-order valence-electron chi connectivity index (χ0n) is 16.8. The number of para-hydroxylation sites is 1. The number of aromatic amines is 1. The molecule has 0 fully saturated rings. The van der Waals surface area contributed by atoms with Gasteiger partial charge in [0.1, 0.15) is 11.5 Å². The number of nitrogen functional groups attached to an aromatic ring is 1. The number of nitrogens with zero attached hydrogens (tertiary/aromatic N) is 2. The largest absolute Gasteiger partial charge is 0.478 e. The van der Waals surface area contributed by atoms with E-state index in [1.54, 1.807) is 24.4 Å². The van der Waals surface area contributed by atoms with E-state index in [-0.39, 0.29) is 5.56 Å². The first-order chi connectivity index (χ1) is 15.6. The molecule has 5 aromatic rings. The van der Waals surface area contributed by atoms with Crippen LogP contribution in [0.2, 0.25) is 0 Å². The third-order valence-corrected chi connectivity index (χ3v) is 5.15. The van der Waals surface area contributed by atoms with Gasteiger partial charge in [-0.25, -0.2) is 4.79 Å². The van der Waals surface area contributed by atoms with Gasteiger partial charge in [0.15, 0.2) is 5.82 Å². The van der Waals surface area contributed by atoms with Crippen LogP contribution in [0.25, 0.3) is 33.3 Å². The first kappa shape index (κ1) is 19.3. The molecule has 0 aliphatic carbocycles. The van der Waals surface area contributed by atoms with Crippen molar-refractivity contribution in [2.24, 2.45) is 0 Å². The molecule has 5 rings (SSSR count). The second-order valence-electron chi connectivity index (χ2n) is 7.20. The molecule has 32 heavy (non-hydrogen) atoms. The lowest BCUT2D eigenvalue weighted by Gasteiger charge is -2.10. The molecule has 0 saturated heterocycles. The number of aromatic nitrogens is 3. The minimum atomic E-state index is -0.991. The number of ether oxygens (including phenoxy) is 1. The van der Waals surface area contributed by atoms with Gasteiger partial charge in [-0.3, -0.25) is 10.1 Å². The summed E-state index contributed by atoms with van der Waals surface area (Å²) in [6.07, 6.45) is 1.70. The van der Waals surface area contributed by atoms with Crippen molar-refractivity contribution < 1.29 is 14.6 Å². The number of hydrogen-bond acceptors (Lipinski definition) is 5. The molecule has 0 spiro atoms. The number of hydrogen-bond donors (Lipinski definition) is 3. The van der Waals surface area contributed by atoms with Crippen LogP contribution in [0.1, 0.15) is 10.4 Å². The van der Waals surface area contributed by atoms with Crippen molar-refractivity contribution in [3.8, 4) is 33.9 Å². The maximum Gasteiger partial charge on any atom is 0.335 e. The average molecular weight is 422 g/mol. The maximum atomic E-state index is 11.4. The zero-order valence-corrected chi connectivity index (χ0v) is 16.8. The van der Waals surface area contributed by atoms with Gasteiger partial charge in [0.2, 0.25) is 0 Å². The van der Waals surface area contributed by atoms with Crippen molar-refractivity contribution in [3.05, 3.63) is 90.6 Å². The molecule has 0 bridgehead atoms. The molecule has 0 atom stereocenters. The van der Waals surface area contributed by atoms with Gasteiger partial charge in [-0.05, 0) is 54.1 Å². The minimum absolute atomic E-state index is 0.196. The number of benzene rings is 3. The van der Waals surface area contributed by atoms with E-state index in [2.05, 4.69) is 15.2 Å². The van der Waals surface area contributed by atoms with Crippen LogP contribution in [-0.2, 0) is 0 Å². The van der Waals surface area contributed by atoms with E-state index in [0.717, 1.165) is 16.9 Å². The van der Waals surface area contributed by atoms with E-state index in [4.69, 9.17) is 10.5 Å². The predicted octanol–water partition coefficient (Wildman–Crippen LogP) is 5.36. The molecule has 0 aliphatic rings. The van der Waals surface area contributed by atoms with E-state index in [1.165, 1.54) is 0 Å². The number of pyridine rings is 1. The van der Waals surface area contributed by atoms with Crippen LogP contribution in [0.15, 0.2) is 85.1 Å². The Kier molecular flexibility index (Phi) is 4.76. The molecule has 7 heteroatoms. The highest BCUT2D eigenvalue weighted by Gasteiger charge is 2.17. The number of anilines is 1. The Balaban J connectivity index is 1.55. The Bertz CT molecular complexity index is 1430. The summed E-state index contributed by atoms with van der Waals surface area (Å²) < 4.78 is 5.86. The smallest absolute Gasteiger partial charge is 0.335 e. The molecule has 0 saturated carbocycles. The number of rotatable bonds is 5. The SMILES string of the molecule is Nc1n[nH]c2c(-c3cccc(C(=O)O)c3)cnc(-c3ccc(Oc4ccccc4)cc3)c12. The number of carbonyl (C=O) groups is 1. The second-order valence-corrected chi connectivity index (χ2v) is 7.20. The van der Waals surface area contributed by atoms with Crippen LogP contribution in [-0.4, -0.2) is 26.3 Å². The number of aromatic carboxylic acids is 1. The van der Waals surface area contributed by atoms with Crippen molar-refractivity contribution in [3.63, 3.8) is 0 Å². The maximum absolute atomic E-state index is 11.4. The van der Waals surface area contributed by atoms with Gasteiger partial charge in [0, 0.05) is 17.3 Å². The summed E-state index contributed by atoms with van der Waals surface area (Å²) in [4.78, 5) is 16.0. The molecule has 3 aromatic carbocycles. The number of fused-ring (bicyclic) bond motifs is 1. The third-order valence-electron chi connectivity index (χ3n) is 5.15. The summed E-state index contributed by atoms with van der Waals surface area (Å²) in [6.45, 7) is 0. The lowest BCUT2D eigenvalue weighted by Crippen LogP contribution is -1.96. The normalized spacial score (nSPS) is 10.9. The fourth-order valence-electron chi connectivity index (χ4n) is 3.61. The minimum Gasteiger partial charge on any atom is -0.478 e. The Morgan fingerprint density at radius 3 is 2.41 bits per heavy atom. The van der Waals surface area contributed by atoms with E-state index in [1.807, 2.05) is 60.7 Å².